The van der Waals surface area contributed by atoms with Crippen molar-refractivity contribution in [2.45, 2.75) is 62.7 Å². The number of amides is 1. The summed E-state index contributed by atoms with van der Waals surface area (Å²) in [6.45, 7) is 2.88. The highest BCUT2D eigenvalue weighted by atomic mass is 32.2. The number of likely N-dealkylation sites (tertiary alicyclic amines) is 1. The second kappa shape index (κ2) is 8.54. The minimum absolute atomic E-state index is 0.0442. The van der Waals surface area contributed by atoms with E-state index < -0.39 is 10.0 Å². The Bertz CT molecular complexity index is 783. The average Bonchev–Trinajstić information content (AvgIpc) is 3.03. The van der Waals surface area contributed by atoms with Gasteiger partial charge in [-0.3, -0.25) is 4.79 Å². The molecule has 4 rings (SSSR count). The molecule has 0 radical (unpaired) electrons. The number of benzene rings is 1. The van der Waals surface area contributed by atoms with Gasteiger partial charge in [0.2, 0.25) is 10.0 Å². The summed E-state index contributed by atoms with van der Waals surface area (Å²) in [5, 5.41) is 0. The molecule has 2 saturated heterocycles. The van der Waals surface area contributed by atoms with Gasteiger partial charge in [-0.2, -0.15) is 4.31 Å². The Morgan fingerprint density at radius 2 is 1.43 bits per heavy atom. The van der Waals surface area contributed by atoms with Gasteiger partial charge in [-0.05, 0) is 61.8 Å². The molecule has 1 aromatic rings. The maximum absolute atomic E-state index is 12.9. The highest BCUT2D eigenvalue weighted by molar-refractivity contribution is 7.89. The van der Waals surface area contributed by atoms with Gasteiger partial charge in [-0.25, -0.2) is 8.42 Å². The van der Waals surface area contributed by atoms with Crippen molar-refractivity contribution in [2.75, 3.05) is 26.2 Å². The first-order valence-corrected chi connectivity index (χ1v) is 12.4. The number of sulfonamides is 1. The van der Waals surface area contributed by atoms with Crippen LogP contribution in [-0.2, 0) is 10.0 Å². The summed E-state index contributed by atoms with van der Waals surface area (Å²) < 4.78 is 27.4. The van der Waals surface area contributed by atoms with Crippen molar-refractivity contribution in [2.24, 2.45) is 11.8 Å². The number of rotatable bonds is 3. The maximum atomic E-state index is 12.9. The number of hydrogen-bond acceptors (Lipinski definition) is 3. The summed E-state index contributed by atoms with van der Waals surface area (Å²) in [6.07, 6.45) is 10.3. The van der Waals surface area contributed by atoms with E-state index in [4.69, 9.17) is 0 Å². The van der Waals surface area contributed by atoms with E-state index in [1.807, 2.05) is 4.90 Å². The van der Waals surface area contributed by atoms with Crippen molar-refractivity contribution in [3.63, 3.8) is 0 Å². The first-order chi connectivity index (χ1) is 13.6. The summed E-state index contributed by atoms with van der Waals surface area (Å²) in [6, 6.07) is 6.61. The van der Waals surface area contributed by atoms with Crippen molar-refractivity contribution >= 4 is 15.9 Å². The van der Waals surface area contributed by atoms with Crippen LogP contribution in [0.2, 0.25) is 0 Å². The lowest BCUT2D eigenvalue weighted by atomic mass is 9.75. The van der Waals surface area contributed by atoms with Crippen LogP contribution in [0.1, 0.15) is 68.1 Å². The van der Waals surface area contributed by atoms with Crippen molar-refractivity contribution in [3.05, 3.63) is 29.8 Å². The van der Waals surface area contributed by atoms with Crippen LogP contribution < -0.4 is 0 Å². The molecule has 0 aromatic heterocycles. The Kier molecular flexibility index (Phi) is 6.07. The molecule has 6 heteroatoms. The fourth-order valence-electron chi connectivity index (χ4n) is 5.17. The molecule has 5 nitrogen and oxygen atoms in total. The van der Waals surface area contributed by atoms with Gasteiger partial charge in [0.15, 0.2) is 0 Å². The standard InChI is InChI=1S/C22H32N2O3S/c25-22(23-16-13-18-7-3-4-8-20(18)17-23)19-9-11-21(12-10-19)28(26,27)24-14-5-1-2-6-15-24/h9-12,18,20H,1-8,13-17H2. The quantitative estimate of drug-likeness (QED) is 0.768. The fourth-order valence-corrected chi connectivity index (χ4v) is 6.69. The van der Waals surface area contributed by atoms with Crippen LogP contribution in [0.5, 0.6) is 0 Å². The lowest BCUT2D eigenvalue weighted by molar-refractivity contribution is 0.0521. The molecule has 3 aliphatic rings. The van der Waals surface area contributed by atoms with Crippen LogP contribution in [0.3, 0.4) is 0 Å². The Morgan fingerprint density at radius 3 is 2.11 bits per heavy atom. The minimum atomic E-state index is -3.46. The summed E-state index contributed by atoms with van der Waals surface area (Å²) in [5.74, 6) is 1.48. The molecule has 2 unspecified atom stereocenters. The number of carbonyl (C=O) groups is 1. The van der Waals surface area contributed by atoms with Crippen LogP contribution in [-0.4, -0.2) is 49.7 Å². The molecule has 3 fully saturated rings. The number of nitrogens with zero attached hydrogens (tertiary/aromatic N) is 2. The molecule has 28 heavy (non-hydrogen) atoms. The van der Waals surface area contributed by atoms with Crippen LogP contribution in [0.25, 0.3) is 0 Å². The van der Waals surface area contributed by atoms with Crippen molar-refractivity contribution in [1.29, 1.82) is 0 Å². The first-order valence-electron chi connectivity index (χ1n) is 11.0. The van der Waals surface area contributed by atoms with E-state index in [1.165, 1.54) is 25.7 Å². The van der Waals surface area contributed by atoms with Gasteiger partial charge < -0.3 is 4.90 Å². The molecule has 1 aromatic carbocycles. The predicted molar refractivity (Wildman–Crippen MR) is 110 cm³/mol. The number of hydrogen-bond donors (Lipinski definition) is 0. The third-order valence-corrected chi connectivity index (χ3v) is 8.80. The van der Waals surface area contributed by atoms with Crippen LogP contribution in [0.15, 0.2) is 29.2 Å². The normalized spacial score (nSPS) is 27.1. The zero-order valence-electron chi connectivity index (χ0n) is 16.7. The van der Waals surface area contributed by atoms with Crippen LogP contribution >= 0.6 is 0 Å². The average molecular weight is 405 g/mol. The van der Waals surface area contributed by atoms with Gasteiger partial charge in [0.1, 0.15) is 0 Å². The molecule has 0 spiro atoms. The van der Waals surface area contributed by atoms with Crippen LogP contribution in [0.4, 0.5) is 0 Å². The van der Waals surface area contributed by atoms with Crippen molar-refractivity contribution < 1.29 is 13.2 Å². The molecule has 2 aliphatic heterocycles. The Balaban J connectivity index is 1.44. The number of piperidine rings is 1. The maximum Gasteiger partial charge on any atom is 0.253 e. The molecule has 0 bridgehead atoms. The zero-order valence-corrected chi connectivity index (χ0v) is 17.5. The highest BCUT2D eigenvalue weighted by Crippen LogP contribution is 2.36. The lowest BCUT2D eigenvalue weighted by Gasteiger charge is -2.41. The van der Waals surface area contributed by atoms with Gasteiger partial charge in [0.05, 0.1) is 4.90 Å². The van der Waals surface area contributed by atoms with E-state index in [2.05, 4.69) is 0 Å². The second-order valence-corrected chi connectivity index (χ2v) is 10.6. The SMILES string of the molecule is O=C(c1ccc(S(=O)(=O)N2CCCCCC2)cc1)N1CCC2CCCCC2C1. The van der Waals surface area contributed by atoms with Crippen LogP contribution in [0, 0.1) is 11.8 Å². The molecule has 1 aliphatic carbocycles. The van der Waals surface area contributed by atoms with Gasteiger partial charge in [0, 0.05) is 31.7 Å². The summed E-state index contributed by atoms with van der Waals surface area (Å²) in [5.41, 5.74) is 0.601. The molecule has 1 saturated carbocycles. The molecular formula is C22H32N2O3S. The first kappa shape index (κ1) is 19.9. The van der Waals surface area contributed by atoms with Gasteiger partial charge in [-0.15, -0.1) is 0 Å². The summed E-state index contributed by atoms with van der Waals surface area (Å²) in [7, 11) is -3.46. The molecule has 2 heterocycles. The van der Waals surface area contributed by atoms with E-state index in [0.29, 0.717) is 29.5 Å². The Hall–Kier alpha value is -1.40. The van der Waals surface area contributed by atoms with Gasteiger partial charge in [-0.1, -0.05) is 32.1 Å². The van der Waals surface area contributed by atoms with E-state index >= 15 is 0 Å². The van der Waals surface area contributed by atoms with Gasteiger partial charge >= 0.3 is 0 Å². The molecular weight excluding hydrogens is 372 g/mol. The fraction of sp³-hybridized carbons (Fsp3) is 0.682. The predicted octanol–water partition coefficient (Wildman–Crippen LogP) is 3.90. The van der Waals surface area contributed by atoms with Crippen molar-refractivity contribution in [1.82, 2.24) is 9.21 Å². The Morgan fingerprint density at radius 1 is 0.786 bits per heavy atom. The molecule has 1 amide bonds. The number of fused-ring (bicyclic) bond motifs is 1. The van der Waals surface area contributed by atoms with E-state index in [-0.39, 0.29) is 5.91 Å². The largest absolute Gasteiger partial charge is 0.338 e. The lowest BCUT2D eigenvalue weighted by Crippen LogP contribution is -2.44. The third kappa shape index (κ3) is 4.13. The summed E-state index contributed by atoms with van der Waals surface area (Å²) in [4.78, 5) is 15.2. The topological polar surface area (TPSA) is 57.7 Å². The zero-order chi connectivity index (χ0) is 19.6. The molecule has 0 N–H and O–H groups in total. The Labute approximate surface area is 169 Å². The van der Waals surface area contributed by atoms with E-state index in [1.54, 1.807) is 28.6 Å². The number of carbonyl (C=O) groups excluding carboxylic acids is 1. The van der Waals surface area contributed by atoms with E-state index in [9.17, 15) is 13.2 Å². The summed E-state index contributed by atoms with van der Waals surface area (Å²) >= 11 is 0. The third-order valence-electron chi connectivity index (χ3n) is 6.88. The monoisotopic (exact) mass is 404 g/mol. The van der Waals surface area contributed by atoms with Gasteiger partial charge in [0.25, 0.3) is 5.91 Å². The van der Waals surface area contributed by atoms with E-state index in [0.717, 1.165) is 51.1 Å². The van der Waals surface area contributed by atoms with Crippen molar-refractivity contribution in [3.8, 4) is 0 Å². The minimum Gasteiger partial charge on any atom is -0.338 e. The highest BCUT2D eigenvalue weighted by Gasteiger charge is 2.33. The second-order valence-electron chi connectivity index (χ2n) is 8.69. The molecule has 154 valence electrons. The smallest absolute Gasteiger partial charge is 0.253 e. The molecule has 2 atom stereocenters.